The summed E-state index contributed by atoms with van der Waals surface area (Å²) in [6, 6.07) is 10.0. The number of aromatic carboxylic acids is 1. The lowest BCUT2D eigenvalue weighted by atomic mass is 10.1. The van der Waals surface area contributed by atoms with Crippen molar-refractivity contribution >= 4 is 29.2 Å². The standard InChI is InChI=1S/C19H17ClN4O3/c1-11-16(23-18(25)17-5-3-13(10-22-17)19(26)27)6-7-24(11)14-4-2-12(9-21)15(20)8-14/h2-5,8,10-11,16H,6-7H2,1H3,(H,23,25)(H,26,27)/t11-,16-/m0/s1. The highest BCUT2D eigenvalue weighted by Gasteiger charge is 2.32. The normalized spacial score (nSPS) is 18.8. The third kappa shape index (κ3) is 3.86. The molecule has 1 aliphatic rings. The van der Waals surface area contributed by atoms with Crippen LogP contribution in [0.5, 0.6) is 0 Å². The Morgan fingerprint density at radius 3 is 2.74 bits per heavy atom. The van der Waals surface area contributed by atoms with Crippen LogP contribution in [0.1, 0.15) is 39.8 Å². The molecule has 0 saturated carbocycles. The number of pyridine rings is 1. The highest BCUT2D eigenvalue weighted by atomic mass is 35.5. The van der Waals surface area contributed by atoms with E-state index in [0.717, 1.165) is 18.7 Å². The van der Waals surface area contributed by atoms with E-state index in [9.17, 15) is 9.59 Å². The summed E-state index contributed by atoms with van der Waals surface area (Å²) in [5.74, 6) is -1.43. The van der Waals surface area contributed by atoms with Crippen molar-refractivity contribution in [2.75, 3.05) is 11.4 Å². The van der Waals surface area contributed by atoms with Gasteiger partial charge in [-0.3, -0.25) is 9.78 Å². The second kappa shape index (κ2) is 7.64. The van der Waals surface area contributed by atoms with Crippen molar-refractivity contribution in [2.45, 2.75) is 25.4 Å². The number of carbonyl (C=O) groups excluding carboxylic acids is 1. The van der Waals surface area contributed by atoms with E-state index >= 15 is 0 Å². The maximum atomic E-state index is 12.4. The lowest BCUT2D eigenvalue weighted by Crippen LogP contribution is -2.43. The van der Waals surface area contributed by atoms with Crippen LogP contribution in [0.4, 0.5) is 5.69 Å². The Balaban J connectivity index is 1.69. The van der Waals surface area contributed by atoms with Gasteiger partial charge in [0.1, 0.15) is 11.8 Å². The molecule has 0 spiro atoms. The minimum Gasteiger partial charge on any atom is -0.478 e. The Kier molecular flexibility index (Phi) is 5.28. The van der Waals surface area contributed by atoms with E-state index in [0.29, 0.717) is 10.6 Å². The van der Waals surface area contributed by atoms with Crippen molar-refractivity contribution in [3.05, 3.63) is 58.4 Å². The molecule has 7 nitrogen and oxygen atoms in total. The number of hydrogen-bond donors (Lipinski definition) is 2. The monoisotopic (exact) mass is 384 g/mol. The van der Waals surface area contributed by atoms with Gasteiger partial charge in [0.25, 0.3) is 5.91 Å². The molecule has 1 saturated heterocycles. The molecule has 1 amide bonds. The maximum absolute atomic E-state index is 12.4. The van der Waals surface area contributed by atoms with Crippen LogP contribution in [0, 0.1) is 11.3 Å². The van der Waals surface area contributed by atoms with E-state index in [1.165, 1.54) is 18.3 Å². The lowest BCUT2D eigenvalue weighted by Gasteiger charge is -2.27. The Morgan fingerprint density at radius 1 is 1.37 bits per heavy atom. The molecule has 8 heteroatoms. The average molecular weight is 385 g/mol. The number of nitrogens with one attached hydrogen (secondary N) is 1. The van der Waals surface area contributed by atoms with Crippen molar-refractivity contribution in [3.8, 4) is 6.07 Å². The molecule has 27 heavy (non-hydrogen) atoms. The van der Waals surface area contributed by atoms with E-state index in [1.807, 2.05) is 19.1 Å². The predicted octanol–water partition coefficient (Wildman–Crippen LogP) is 2.70. The van der Waals surface area contributed by atoms with Gasteiger partial charge in [0, 0.05) is 24.5 Å². The second-order valence-electron chi connectivity index (χ2n) is 6.32. The van der Waals surface area contributed by atoms with Crippen molar-refractivity contribution in [2.24, 2.45) is 0 Å². The largest absolute Gasteiger partial charge is 0.478 e. The quantitative estimate of drug-likeness (QED) is 0.839. The summed E-state index contributed by atoms with van der Waals surface area (Å²) in [6.45, 7) is 2.74. The van der Waals surface area contributed by atoms with Gasteiger partial charge >= 0.3 is 5.97 Å². The van der Waals surface area contributed by atoms with E-state index in [-0.39, 0.29) is 29.2 Å². The molecule has 2 heterocycles. The van der Waals surface area contributed by atoms with Crippen molar-refractivity contribution in [3.63, 3.8) is 0 Å². The van der Waals surface area contributed by atoms with E-state index < -0.39 is 5.97 Å². The molecule has 2 atom stereocenters. The average Bonchev–Trinajstić information content (AvgIpc) is 3.02. The van der Waals surface area contributed by atoms with Gasteiger partial charge in [0.05, 0.1) is 22.2 Å². The molecule has 0 bridgehead atoms. The highest BCUT2D eigenvalue weighted by Crippen LogP contribution is 2.29. The third-order valence-corrected chi connectivity index (χ3v) is 5.03. The number of halogens is 1. The van der Waals surface area contributed by atoms with Crippen molar-refractivity contribution in [1.29, 1.82) is 5.26 Å². The van der Waals surface area contributed by atoms with Gasteiger partial charge in [-0.25, -0.2) is 4.79 Å². The van der Waals surface area contributed by atoms with Gasteiger partial charge < -0.3 is 15.3 Å². The summed E-state index contributed by atoms with van der Waals surface area (Å²) in [4.78, 5) is 29.3. The van der Waals surface area contributed by atoms with Gasteiger partial charge in [-0.05, 0) is 43.7 Å². The summed E-state index contributed by atoms with van der Waals surface area (Å²) in [6.07, 6.45) is 1.91. The fourth-order valence-corrected chi connectivity index (χ4v) is 3.38. The fourth-order valence-electron chi connectivity index (χ4n) is 3.17. The Morgan fingerprint density at radius 2 is 2.15 bits per heavy atom. The van der Waals surface area contributed by atoms with Gasteiger partial charge in [-0.15, -0.1) is 0 Å². The van der Waals surface area contributed by atoms with Crippen LogP contribution in [0.3, 0.4) is 0 Å². The number of anilines is 1. The second-order valence-corrected chi connectivity index (χ2v) is 6.72. The molecule has 2 aromatic rings. The SMILES string of the molecule is C[C@H]1[C@@H](NC(=O)c2ccc(C(=O)O)cn2)CCN1c1ccc(C#N)c(Cl)c1. The number of carboxylic acids is 1. The van der Waals surface area contributed by atoms with Gasteiger partial charge in [0.2, 0.25) is 0 Å². The first kappa shape index (κ1) is 18.7. The van der Waals surface area contributed by atoms with Crippen LogP contribution in [-0.2, 0) is 0 Å². The number of rotatable bonds is 4. The lowest BCUT2D eigenvalue weighted by molar-refractivity contribution is 0.0695. The van der Waals surface area contributed by atoms with Crippen LogP contribution < -0.4 is 10.2 Å². The molecule has 1 fully saturated rings. The number of carboxylic acid groups (broad SMARTS) is 1. The molecule has 1 aromatic heterocycles. The minimum atomic E-state index is -1.09. The maximum Gasteiger partial charge on any atom is 0.337 e. The van der Waals surface area contributed by atoms with Gasteiger partial charge in [-0.1, -0.05) is 11.6 Å². The molecule has 1 aliphatic heterocycles. The first-order valence-corrected chi connectivity index (χ1v) is 8.75. The third-order valence-electron chi connectivity index (χ3n) is 4.72. The van der Waals surface area contributed by atoms with Crippen LogP contribution in [0.2, 0.25) is 5.02 Å². The number of nitrogens with zero attached hydrogens (tertiary/aromatic N) is 3. The number of benzene rings is 1. The zero-order valence-corrected chi connectivity index (χ0v) is 15.3. The molecule has 0 radical (unpaired) electrons. The first-order valence-electron chi connectivity index (χ1n) is 8.37. The van der Waals surface area contributed by atoms with Gasteiger partial charge in [0.15, 0.2) is 0 Å². The Labute approximate surface area is 161 Å². The molecule has 3 rings (SSSR count). The van der Waals surface area contributed by atoms with Crippen LogP contribution in [0.15, 0.2) is 36.5 Å². The summed E-state index contributed by atoms with van der Waals surface area (Å²) < 4.78 is 0. The highest BCUT2D eigenvalue weighted by molar-refractivity contribution is 6.32. The Bertz CT molecular complexity index is 924. The molecular formula is C19H17ClN4O3. The number of aromatic nitrogens is 1. The minimum absolute atomic E-state index is 0.0243. The fraction of sp³-hybridized carbons (Fsp3) is 0.263. The number of nitriles is 1. The van der Waals surface area contributed by atoms with Crippen molar-refractivity contribution < 1.29 is 14.7 Å². The molecule has 138 valence electrons. The molecule has 1 aromatic carbocycles. The van der Waals surface area contributed by atoms with Gasteiger partial charge in [-0.2, -0.15) is 5.26 Å². The number of carbonyl (C=O) groups is 2. The topological polar surface area (TPSA) is 106 Å². The van der Waals surface area contributed by atoms with E-state index in [4.69, 9.17) is 22.0 Å². The van der Waals surface area contributed by atoms with E-state index in [2.05, 4.69) is 15.2 Å². The van der Waals surface area contributed by atoms with Crippen LogP contribution in [-0.4, -0.2) is 40.6 Å². The van der Waals surface area contributed by atoms with Crippen LogP contribution in [0.25, 0.3) is 0 Å². The summed E-state index contributed by atoms with van der Waals surface area (Å²) in [5.41, 5.74) is 1.52. The molecule has 0 unspecified atom stereocenters. The summed E-state index contributed by atoms with van der Waals surface area (Å²) in [5, 5.41) is 21.2. The summed E-state index contributed by atoms with van der Waals surface area (Å²) in [7, 11) is 0. The van der Waals surface area contributed by atoms with E-state index in [1.54, 1.807) is 12.1 Å². The number of amides is 1. The molecule has 2 N–H and O–H groups in total. The first-order chi connectivity index (χ1) is 12.9. The molecule has 0 aliphatic carbocycles. The predicted molar refractivity (Wildman–Crippen MR) is 100 cm³/mol. The zero-order chi connectivity index (χ0) is 19.6. The molecular weight excluding hydrogens is 368 g/mol. The zero-order valence-electron chi connectivity index (χ0n) is 14.5. The smallest absolute Gasteiger partial charge is 0.337 e. The Hall–Kier alpha value is -3.11. The number of hydrogen-bond acceptors (Lipinski definition) is 5. The van der Waals surface area contributed by atoms with Crippen LogP contribution >= 0.6 is 11.6 Å². The van der Waals surface area contributed by atoms with Crippen molar-refractivity contribution in [1.82, 2.24) is 10.3 Å². The summed E-state index contributed by atoms with van der Waals surface area (Å²) >= 11 is 6.12.